The van der Waals surface area contributed by atoms with Gasteiger partial charge in [-0.3, -0.25) is 0 Å². The highest BCUT2D eigenvalue weighted by Gasteiger charge is 2.43. The first-order chi connectivity index (χ1) is 14.1. The van der Waals surface area contributed by atoms with Gasteiger partial charge in [0.2, 0.25) is 0 Å². The Kier molecular flexibility index (Phi) is 4.92. The molecule has 4 rings (SSSR count). The summed E-state index contributed by atoms with van der Waals surface area (Å²) in [6.45, 7) is 11.4. The van der Waals surface area contributed by atoms with E-state index in [1.807, 2.05) is 44.4 Å². The zero-order valence-corrected chi connectivity index (χ0v) is 18.3. The maximum atomic E-state index is 15.3. The van der Waals surface area contributed by atoms with Crippen LogP contribution in [0.25, 0.3) is 10.9 Å². The average molecular weight is 413 g/mol. The van der Waals surface area contributed by atoms with E-state index in [-0.39, 0.29) is 18.0 Å². The molecule has 160 valence electrons. The van der Waals surface area contributed by atoms with E-state index in [0.29, 0.717) is 35.8 Å². The van der Waals surface area contributed by atoms with E-state index in [0.717, 1.165) is 36.0 Å². The number of nitrogens with zero attached hydrogens (tertiary/aromatic N) is 3. The highest BCUT2D eigenvalue weighted by atomic mass is 19.1. The number of nitrogens with one attached hydrogen (secondary N) is 1. The van der Waals surface area contributed by atoms with Gasteiger partial charge in [-0.2, -0.15) is 5.26 Å². The van der Waals surface area contributed by atoms with Crippen molar-refractivity contribution in [3.63, 3.8) is 0 Å². The number of H-pyrrole nitrogens is 1. The Balaban J connectivity index is 1.70. The zero-order chi connectivity index (χ0) is 21.8. The van der Waals surface area contributed by atoms with Crippen LogP contribution in [0.4, 0.5) is 14.9 Å². The quantitative estimate of drug-likeness (QED) is 0.741. The number of aryl methyl sites for hydroxylation is 2. The van der Waals surface area contributed by atoms with Gasteiger partial charge in [0.15, 0.2) is 0 Å². The lowest BCUT2D eigenvalue weighted by molar-refractivity contribution is 0.0203. The molecule has 2 unspecified atom stereocenters. The number of halogens is 1. The Morgan fingerprint density at radius 1 is 1.30 bits per heavy atom. The van der Waals surface area contributed by atoms with Crippen LogP contribution in [-0.2, 0) is 4.74 Å². The molecule has 2 fully saturated rings. The number of amides is 1. The molecule has 2 aliphatic rings. The van der Waals surface area contributed by atoms with Crippen molar-refractivity contribution in [1.82, 2.24) is 9.88 Å². The van der Waals surface area contributed by atoms with Crippen LogP contribution in [0.5, 0.6) is 0 Å². The van der Waals surface area contributed by atoms with Gasteiger partial charge in [-0.1, -0.05) is 0 Å². The van der Waals surface area contributed by atoms with Crippen molar-refractivity contribution < 1.29 is 13.9 Å². The fourth-order valence-corrected chi connectivity index (χ4v) is 4.89. The minimum absolute atomic E-state index is 0.000891. The maximum Gasteiger partial charge on any atom is 0.410 e. The summed E-state index contributed by atoms with van der Waals surface area (Å²) in [7, 11) is 0. The number of ether oxygens (including phenoxy) is 1. The minimum Gasteiger partial charge on any atom is -0.444 e. The van der Waals surface area contributed by atoms with Crippen molar-refractivity contribution in [2.45, 2.75) is 59.1 Å². The SMILES string of the molecule is Cc1[nH]c2c(C#N)cc(F)c(N3CCC4CCN(C(=O)OC(C)(C)C)C4C3)c2c1C. The molecule has 0 bridgehead atoms. The number of carbonyl (C=O) groups is 1. The first kappa shape index (κ1) is 20.5. The summed E-state index contributed by atoms with van der Waals surface area (Å²) >= 11 is 0. The molecule has 0 aliphatic carbocycles. The molecule has 6 nitrogen and oxygen atoms in total. The first-order valence-electron chi connectivity index (χ1n) is 10.6. The van der Waals surface area contributed by atoms with Gasteiger partial charge in [-0.15, -0.1) is 0 Å². The van der Waals surface area contributed by atoms with Gasteiger partial charge in [-0.05, 0) is 65.0 Å². The second kappa shape index (κ2) is 7.19. The van der Waals surface area contributed by atoms with Crippen molar-refractivity contribution >= 4 is 22.7 Å². The number of aromatic nitrogens is 1. The van der Waals surface area contributed by atoms with Gasteiger partial charge >= 0.3 is 6.09 Å². The predicted octanol–water partition coefficient (Wildman–Crippen LogP) is 4.63. The van der Waals surface area contributed by atoms with Gasteiger partial charge in [0.1, 0.15) is 17.5 Å². The van der Waals surface area contributed by atoms with Gasteiger partial charge in [0.05, 0.1) is 22.8 Å². The van der Waals surface area contributed by atoms with Crippen LogP contribution in [-0.4, -0.2) is 47.3 Å². The van der Waals surface area contributed by atoms with Crippen LogP contribution in [0.15, 0.2) is 6.07 Å². The Morgan fingerprint density at radius 3 is 2.67 bits per heavy atom. The molecule has 1 aromatic carbocycles. The lowest BCUT2D eigenvalue weighted by atomic mass is 9.91. The zero-order valence-electron chi connectivity index (χ0n) is 18.3. The molecule has 0 spiro atoms. The van der Waals surface area contributed by atoms with Crippen LogP contribution in [0.3, 0.4) is 0 Å². The number of hydrogen-bond donors (Lipinski definition) is 1. The predicted molar refractivity (Wildman–Crippen MR) is 114 cm³/mol. The summed E-state index contributed by atoms with van der Waals surface area (Å²) in [5.74, 6) is 0.0150. The molecule has 1 amide bonds. The molecule has 30 heavy (non-hydrogen) atoms. The number of hydrogen-bond acceptors (Lipinski definition) is 4. The van der Waals surface area contributed by atoms with Crippen LogP contribution >= 0.6 is 0 Å². The number of carbonyl (C=O) groups excluding carboxylic acids is 1. The molecule has 2 saturated heterocycles. The number of fused-ring (bicyclic) bond motifs is 2. The van der Waals surface area contributed by atoms with Crippen molar-refractivity contribution in [3.8, 4) is 6.07 Å². The second-order valence-electron chi connectivity index (χ2n) is 9.52. The Hall–Kier alpha value is -2.75. The number of aromatic amines is 1. The van der Waals surface area contributed by atoms with Gasteiger partial charge in [0, 0.05) is 30.7 Å². The molecular formula is C23H29FN4O2. The molecule has 0 saturated carbocycles. The Labute approximate surface area is 176 Å². The number of rotatable bonds is 1. The standard InChI is InChI=1S/C23H29FN4O2/c1-13-14(2)26-20-16(11-25)10-17(24)21(19(13)20)27-8-6-15-7-9-28(18(15)12-27)22(29)30-23(3,4)5/h10,15,18,26H,6-9,12H2,1-5H3. The molecule has 2 aromatic rings. The lowest BCUT2D eigenvalue weighted by Crippen LogP contribution is -2.51. The molecule has 1 aromatic heterocycles. The molecule has 2 atom stereocenters. The normalized spacial score (nSPS) is 21.6. The number of anilines is 1. The van der Waals surface area contributed by atoms with E-state index in [9.17, 15) is 10.1 Å². The third-order valence-electron chi connectivity index (χ3n) is 6.43. The summed E-state index contributed by atoms with van der Waals surface area (Å²) in [4.78, 5) is 19.9. The van der Waals surface area contributed by atoms with E-state index < -0.39 is 5.60 Å². The van der Waals surface area contributed by atoms with Gasteiger partial charge in [0.25, 0.3) is 0 Å². The molecule has 2 aliphatic heterocycles. The maximum absolute atomic E-state index is 15.3. The van der Waals surface area contributed by atoms with Crippen LogP contribution in [0, 0.1) is 36.9 Å². The van der Waals surface area contributed by atoms with E-state index >= 15 is 4.39 Å². The molecule has 1 N–H and O–H groups in total. The topological polar surface area (TPSA) is 72.4 Å². The van der Waals surface area contributed by atoms with Crippen LogP contribution in [0.2, 0.25) is 0 Å². The van der Waals surface area contributed by atoms with Crippen LogP contribution < -0.4 is 4.90 Å². The third-order valence-corrected chi connectivity index (χ3v) is 6.43. The largest absolute Gasteiger partial charge is 0.444 e. The molecule has 0 radical (unpaired) electrons. The number of piperidine rings is 1. The molecule has 7 heteroatoms. The fraction of sp³-hybridized carbons (Fsp3) is 0.565. The summed E-state index contributed by atoms with van der Waals surface area (Å²) in [5.41, 5.74) is 2.86. The Bertz CT molecular complexity index is 1050. The molecule has 3 heterocycles. The van der Waals surface area contributed by atoms with Gasteiger partial charge in [-0.25, -0.2) is 9.18 Å². The molecular weight excluding hydrogens is 383 g/mol. The van der Waals surface area contributed by atoms with Crippen molar-refractivity contribution in [2.24, 2.45) is 5.92 Å². The number of likely N-dealkylation sites (tertiary alicyclic amines) is 1. The monoisotopic (exact) mass is 412 g/mol. The summed E-state index contributed by atoms with van der Waals surface area (Å²) in [5, 5.41) is 10.2. The van der Waals surface area contributed by atoms with Crippen molar-refractivity contribution in [3.05, 3.63) is 28.7 Å². The van der Waals surface area contributed by atoms with Gasteiger partial charge < -0.3 is 19.5 Å². The average Bonchev–Trinajstić information content (AvgIpc) is 3.21. The lowest BCUT2D eigenvalue weighted by Gasteiger charge is -2.40. The van der Waals surface area contributed by atoms with Crippen LogP contribution in [0.1, 0.15) is 50.4 Å². The second-order valence-corrected chi connectivity index (χ2v) is 9.52. The number of nitriles is 1. The van der Waals surface area contributed by atoms with Crippen molar-refractivity contribution in [2.75, 3.05) is 24.5 Å². The Morgan fingerprint density at radius 2 is 2.00 bits per heavy atom. The first-order valence-corrected chi connectivity index (χ1v) is 10.6. The summed E-state index contributed by atoms with van der Waals surface area (Å²) in [6.07, 6.45) is 1.55. The van der Waals surface area contributed by atoms with E-state index in [2.05, 4.69) is 11.1 Å². The summed E-state index contributed by atoms with van der Waals surface area (Å²) in [6, 6.07) is 3.42. The number of benzene rings is 1. The fourth-order valence-electron chi connectivity index (χ4n) is 4.89. The summed E-state index contributed by atoms with van der Waals surface area (Å²) < 4.78 is 20.9. The third kappa shape index (κ3) is 3.38. The highest BCUT2D eigenvalue weighted by molar-refractivity contribution is 5.99. The minimum atomic E-state index is -0.547. The van der Waals surface area contributed by atoms with E-state index in [4.69, 9.17) is 4.74 Å². The smallest absolute Gasteiger partial charge is 0.410 e. The highest BCUT2D eigenvalue weighted by Crippen LogP contribution is 2.40. The van der Waals surface area contributed by atoms with Crippen molar-refractivity contribution in [1.29, 1.82) is 5.26 Å². The van der Waals surface area contributed by atoms with E-state index in [1.165, 1.54) is 6.07 Å². The van der Waals surface area contributed by atoms with E-state index in [1.54, 1.807) is 0 Å².